The Bertz CT molecular complexity index is 604. The number of nitrogens with zero attached hydrogens (tertiary/aromatic N) is 3. The predicted octanol–water partition coefficient (Wildman–Crippen LogP) is 2.57. The predicted molar refractivity (Wildman–Crippen MR) is 77.3 cm³/mol. The Morgan fingerprint density at radius 1 is 1.24 bits per heavy atom. The van der Waals surface area contributed by atoms with Crippen LogP contribution in [0, 0.1) is 11.7 Å². The zero-order valence-electron chi connectivity index (χ0n) is 11.8. The summed E-state index contributed by atoms with van der Waals surface area (Å²) in [6, 6.07) is 8.09. The van der Waals surface area contributed by atoms with Gasteiger partial charge in [0.1, 0.15) is 5.82 Å². The summed E-state index contributed by atoms with van der Waals surface area (Å²) >= 11 is 0. The van der Waals surface area contributed by atoms with Crippen molar-refractivity contribution in [3.8, 4) is 0 Å². The second-order valence-corrected chi connectivity index (χ2v) is 5.44. The summed E-state index contributed by atoms with van der Waals surface area (Å²) in [4.78, 5) is 14.1. The van der Waals surface area contributed by atoms with Crippen molar-refractivity contribution in [2.24, 2.45) is 5.92 Å². The van der Waals surface area contributed by atoms with Gasteiger partial charge in [0.05, 0.1) is 5.56 Å². The molecule has 1 aliphatic heterocycles. The maximum absolute atomic E-state index is 13.7. The molecule has 1 saturated heterocycles. The largest absolute Gasteiger partial charge is 0.339 e. The van der Waals surface area contributed by atoms with Crippen LogP contribution in [0.15, 0.2) is 42.7 Å². The molecule has 21 heavy (non-hydrogen) atoms. The van der Waals surface area contributed by atoms with Crippen LogP contribution in [0.4, 0.5) is 4.39 Å². The summed E-state index contributed by atoms with van der Waals surface area (Å²) in [5.41, 5.74) is 0.169. The number of hydrogen-bond donors (Lipinski definition) is 0. The van der Waals surface area contributed by atoms with Crippen LogP contribution in [0.2, 0.25) is 0 Å². The molecule has 1 aromatic carbocycles. The van der Waals surface area contributed by atoms with Crippen molar-refractivity contribution in [2.75, 3.05) is 13.1 Å². The first-order chi connectivity index (χ1) is 10.2. The Kier molecular flexibility index (Phi) is 3.99. The van der Waals surface area contributed by atoms with Gasteiger partial charge in [-0.05, 0) is 37.0 Å². The van der Waals surface area contributed by atoms with E-state index in [4.69, 9.17) is 0 Å². The fourth-order valence-corrected chi connectivity index (χ4v) is 2.80. The lowest BCUT2D eigenvalue weighted by molar-refractivity contribution is 0.0676. The monoisotopic (exact) mass is 287 g/mol. The highest BCUT2D eigenvalue weighted by Crippen LogP contribution is 2.21. The molecule has 1 amide bonds. The second-order valence-electron chi connectivity index (χ2n) is 5.44. The molecule has 110 valence electrons. The van der Waals surface area contributed by atoms with E-state index < -0.39 is 5.82 Å². The fraction of sp³-hybridized carbons (Fsp3) is 0.375. The lowest BCUT2D eigenvalue weighted by Gasteiger charge is -2.32. The lowest BCUT2D eigenvalue weighted by atomic mass is 9.96. The molecular formula is C16H18FN3O. The number of hydrogen-bond acceptors (Lipinski definition) is 2. The van der Waals surface area contributed by atoms with Crippen molar-refractivity contribution in [2.45, 2.75) is 19.4 Å². The highest BCUT2D eigenvalue weighted by Gasteiger charge is 2.25. The normalized spacial score (nSPS) is 16.1. The molecule has 1 aliphatic rings. The van der Waals surface area contributed by atoms with Gasteiger partial charge in [0, 0.05) is 32.0 Å². The average Bonchev–Trinajstić information content (AvgIpc) is 3.01. The van der Waals surface area contributed by atoms with E-state index in [-0.39, 0.29) is 11.5 Å². The Balaban J connectivity index is 1.58. The van der Waals surface area contributed by atoms with Crippen molar-refractivity contribution in [1.29, 1.82) is 0 Å². The number of amides is 1. The van der Waals surface area contributed by atoms with Crippen LogP contribution in [0.3, 0.4) is 0 Å². The van der Waals surface area contributed by atoms with Crippen LogP contribution >= 0.6 is 0 Å². The number of piperidine rings is 1. The van der Waals surface area contributed by atoms with E-state index in [0.717, 1.165) is 19.4 Å². The van der Waals surface area contributed by atoms with Gasteiger partial charge < -0.3 is 4.90 Å². The van der Waals surface area contributed by atoms with Gasteiger partial charge in [-0.15, -0.1) is 0 Å². The third-order valence-electron chi connectivity index (χ3n) is 4.01. The molecule has 0 radical (unpaired) electrons. The molecule has 0 spiro atoms. The van der Waals surface area contributed by atoms with Crippen LogP contribution in [-0.2, 0) is 6.54 Å². The molecule has 5 heteroatoms. The van der Waals surface area contributed by atoms with Crippen molar-refractivity contribution in [3.05, 3.63) is 54.1 Å². The molecule has 0 aliphatic carbocycles. The molecule has 0 N–H and O–H groups in total. The van der Waals surface area contributed by atoms with E-state index in [2.05, 4.69) is 5.10 Å². The molecule has 2 heterocycles. The van der Waals surface area contributed by atoms with E-state index >= 15 is 0 Å². The number of halogens is 1. The number of rotatable bonds is 3. The van der Waals surface area contributed by atoms with Crippen LogP contribution in [-0.4, -0.2) is 33.7 Å². The first kappa shape index (κ1) is 13.8. The molecule has 2 aromatic rings. The summed E-state index contributed by atoms with van der Waals surface area (Å²) in [7, 11) is 0. The van der Waals surface area contributed by atoms with Gasteiger partial charge in [-0.3, -0.25) is 9.48 Å². The number of benzene rings is 1. The second kappa shape index (κ2) is 6.08. The maximum atomic E-state index is 13.7. The quantitative estimate of drug-likeness (QED) is 0.870. The molecule has 0 saturated carbocycles. The summed E-state index contributed by atoms with van der Waals surface area (Å²) in [6.07, 6.45) is 5.59. The number of carbonyl (C=O) groups is 1. The highest BCUT2D eigenvalue weighted by molar-refractivity contribution is 5.94. The van der Waals surface area contributed by atoms with Gasteiger partial charge >= 0.3 is 0 Å². The third kappa shape index (κ3) is 3.12. The van der Waals surface area contributed by atoms with Crippen LogP contribution in [0.1, 0.15) is 23.2 Å². The minimum atomic E-state index is -0.443. The molecule has 3 rings (SSSR count). The summed E-state index contributed by atoms with van der Waals surface area (Å²) < 4.78 is 15.6. The standard InChI is InChI=1S/C16H18FN3O/c17-15-5-2-1-4-14(15)16(21)19-10-6-13(7-11-19)12-20-9-3-8-18-20/h1-5,8-9,13H,6-7,10-12H2. The minimum Gasteiger partial charge on any atom is -0.339 e. The summed E-state index contributed by atoms with van der Waals surface area (Å²) in [5, 5.41) is 4.21. The molecule has 1 fully saturated rings. The van der Waals surface area contributed by atoms with E-state index in [0.29, 0.717) is 19.0 Å². The lowest BCUT2D eigenvalue weighted by Crippen LogP contribution is -2.39. The van der Waals surface area contributed by atoms with Gasteiger partial charge in [-0.1, -0.05) is 12.1 Å². The first-order valence-electron chi connectivity index (χ1n) is 7.25. The Labute approximate surface area is 123 Å². The van der Waals surface area contributed by atoms with Crippen LogP contribution in [0.25, 0.3) is 0 Å². The molecular weight excluding hydrogens is 269 g/mol. The molecule has 1 aromatic heterocycles. The molecule has 4 nitrogen and oxygen atoms in total. The van der Waals surface area contributed by atoms with E-state index in [1.54, 1.807) is 29.3 Å². The maximum Gasteiger partial charge on any atom is 0.256 e. The molecule has 0 bridgehead atoms. The SMILES string of the molecule is O=C(c1ccccc1F)N1CCC(Cn2cccn2)CC1. The van der Waals surface area contributed by atoms with Gasteiger partial charge in [-0.25, -0.2) is 4.39 Å². The van der Waals surface area contributed by atoms with E-state index in [1.165, 1.54) is 6.07 Å². The average molecular weight is 287 g/mol. The molecule has 0 unspecified atom stereocenters. The van der Waals surface area contributed by atoms with Gasteiger partial charge in [0.2, 0.25) is 0 Å². The summed E-state index contributed by atoms with van der Waals surface area (Å²) in [6.45, 7) is 2.24. The minimum absolute atomic E-state index is 0.169. The van der Waals surface area contributed by atoms with Gasteiger partial charge in [0.25, 0.3) is 5.91 Å². The van der Waals surface area contributed by atoms with Crippen LogP contribution in [0.5, 0.6) is 0 Å². The Hall–Kier alpha value is -2.17. The van der Waals surface area contributed by atoms with Crippen molar-refractivity contribution >= 4 is 5.91 Å². The van der Waals surface area contributed by atoms with Crippen molar-refractivity contribution in [3.63, 3.8) is 0 Å². The third-order valence-corrected chi connectivity index (χ3v) is 4.01. The fourth-order valence-electron chi connectivity index (χ4n) is 2.80. The summed E-state index contributed by atoms with van der Waals surface area (Å²) in [5.74, 6) is -0.124. The Morgan fingerprint density at radius 2 is 2.00 bits per heavy atom. The van der Waals surface area contributed by atoms with Crippen LogP contribution < -0.4 is 0 Å². The van der Waals surface area contributed by atoms with Gasteiger partial charge in [-0.2, -0.15) is 5.10 Å². The topological polar surface area (TPSA) is 38.1 Å². The first-order valence-corrected chi connectivity index (χ1v) is 7.25. The zero-order valence-corrected chi connectivity index (χ0v) is 11.8. The van der Waals surface area contributed by atoms with E-state index in [9.17, 15) is 9.18 Å². The number of carbonyl (C=O) groups excluding carboxylic acids is 1. The van der Waals surface area contributed by atoms with Crippen molar-refractivity contribution < 1.29 is 9.18 Å². The van der Waals surface area contributed by atoms with Crippen molar-refractivity contribution in [1.82, 2.24) is 14.7 Å². The number of aromatic nitrogens is 2. The zero-order chi connectivity index (χ0) is 14.7. The smallest absolute Gasteiger partial charge is 0.256 e. The van der Waals surface area contributed by atoms with Gasteiger partial charge in [0.15, 0.2) is 0 Å². The highest BCUT2D eigenvalue weighted by atomic mass is 19.1. The van der Waals surface area contributed by atoms with E-state index in [1.807, 2.05) is 16.9 Å². The molecule has 0 atom stereocenters. The number of likely N-dealkylation sites (tertiary alicyclic amines) is 1. The Morgan fingerprint density at radius 3 is 2.67 bits per heavy atom.